The Morgan fingerprint density at radius 2 is 1.48 bits per heavy atom. The topological polar surface area (TPSA) is 86.8 Å². The third-order valence-corrected chi connectivity index (χ3v) is 8.34. The standard InChI is InChI=1S/C25H31N3O4S/c29-24(23-15-7-8-18-28(23)33(31,32)21-13-5-2-6-14-21)26-22(19-20-11-3-1-4-12-20)25(30)27-16-9-10-17-27/h1-6,11-14,22-23H,7-10,15-19H2,(H,26,29). The number of benzene rings is 2. The van der Waals surface area contributed by atoms with E-state index in [9.17, 15) is 18.0 Å². The number of hydrogen-bond acceptors (Lipinski definition) is 4. The van der Waals surface area contributed by atoms with Crippen molar-refractivity contribution < 1.29 is 18.0 Å². The van der Waals surface area contributed by atoms with Crippen LogP contribution >= 0.6 is 0 Å². The van der Waals surface area contributed by atoms with E-state index in [2.05, 4.69) is 5.32 Å². The second kappa shape index (κ2) is 10.5. The van der Waals surface area contributed by atoms with E-state index < -0.39 is 28.0 Å². The first kappa shape index (κ1) is 23.4. The molecule has 0 radical (unpaired) electrons. The second-order valence-corrected chi connectivity index (χ2v) is 10.6. The monoisotopic (exact) mass is 469 g/mol. The van der Waals surface area contributed by atoms with Gasteiger partial charge in [0.25, 0.3) is 0 Å². The van der Waals surface area contributed by atoms with Gasteiger partial charge in [-0.25, -0.2) is 8.42 Å². The zero-order valence-corrected chi connectivity index (χ0v) is 19.5. The number of carbonyl (C=O) groups is 2. The molecule has 2 aliphatic heterocycles. The molecular weight excluding hydrogens is 438 g/mol. The van der Waals surface area contributed by atoms with E-state index in [1.165, 1.54) is 4.31 Å². The van der Waals surface area contributed by atoms with Gasteiger partial charge >= 0.3 is 0 Å². The lowest BCUT2D eigenvalue weighted by molar-refractivity contribution is -0.136. The lowest BCUT2D eigenvalue weighted by atomic mass is 10.0. The zero-order valence-electron chi connectivity index (χ0n) is 18.7. The lowest BCUT2D eigenvalue weighted by Crippen LogP contribution is -2.56. The first-order valence-corrected chi connectivity index (χ1v) is 13.1. The minimum Gasteiger partial charge on any atom is -0.343 e. The van der Waals surface area contributed by atoms with Crippen LogP contribution in [0.25, 0.3) is 0 Å². The summed E-state index contributed by atoms with van der Waals surface area (Å²) >= 11 is 0. The first-order valence-electron chi connectivity index (χ1n) is 11.7. The van der Waals surface area contributed by atoms with Crippen LogP contribution in [0.4, 0.5) is 0 Å². The van der Waals surface area contributed by atoms with Gasteiger partial charge in [-0.05, 0) is 43.4 Å². The van der Waals surface area contributed by atoms with E-state index in [1.807, 2.05) is 30.3 Å². The molecule has 2 amide bonds. The van der Waals surface area contributed by atoms with Crippen LogP contribution in [-0.4, -0.2) is 61.2 Å². The Balaban J connectivity index is 1.55. The third kappa shape index (κ3) is 5.45. The largest absolute Gasteiger partial charge is 0.343 e. The Hall–Kier alpha value is -2.71. The zero-order chi connectivity index (χ0) is 23.3. The van der Waals surface area contributed by atoms with Crippen molar-refractivity contribution in [1.82, 2.24) is 14.5 Å². The molecule has 0 bridgehead atoms. The SMILES string of the molecule is O=C(NC(Cc1ccccc1)C(=O)N1CCCC1)C1CCCCN1S(=O)(=O)c1ccccc1. The van der Waals surface area contributed by atoms with E-state index in [1.54, 1.807) is 35.2 Å². The molecular formula is C25H31N3O4S. The van der Waals surface area contributed by atoms with Crippen molar-refractivity contribution in [3.63, 3.8) is 0 Å². The molecule has 7 nitrogen and oxygen atoms in total. The summed E-state index contributed by atoms with van der Waals surface area (Å²) in [5.74, 6) is -0.499. The quantitative estimate of drug-likeness (QED) is 0.675. The molecule has 8 heteroatoms. The molecule has 2 heterocycles. The fourth-order valence-electron chi connectivity index (χ4n) is 4.66. The maximum absolute atomic E-state index is 13.4. The number of sulfonamides is 1. The molecule has 0 saturated carbocycles. The summed E-state index contributed by atoms with van der Waals surface area (Å²) in [5.41, 5.74) is 0.952. The summed E-state index contributed by atoms with van der Waals surface area (Å²) in [7, 11) is -3.81. The van der Waals surface area contributed by atoms with Gasteiger partial charge in [-0.3, -0.25) is 9.59 Å². The van der Waals surface area contributed by atoms with Crippen LogP contribution in [0.1, 0.15) is 37.7 Å². The molecule has 33 heavy (non-hydrogen) atoms. The Morgan fingerprint density at radius 1 is 0.879 bits per heavy atom. The summed E-state index contributed by atoms with van der Waals surface area (Å²) in [6, 6.07) is 16.3. The van der Waals surface area contributed by atoms with E-state index in [4.69, 9.17) is 0 Å². The third-order valence-electron chi connectivity index (χ3n) is 6.42. The molecule has 2 aliphatic rings. The van der Waals surface area contributed by atoms with Gasteiger partial charge in [0, 0.05) is 26.1 Å². The maximum atomic E-state index is 13.4. The number of nitrogens with one attached hydrogen (secondary N) is 1. The normalized spacial score (nSPS) is 20.4. The molecule has 2 fully saturated rings. The number of rotatable bonds is 7. The fourth-order valence-corrected chi connectivity index (χ4v) is 6.34. The minimum absolute atomic E-state index is 0.0991. The summed E-state index contributed by atoms with van der Waals surface area (Å²) in [6.07, 6.45) is 4.21. The van der Waals surface area contributed by atoms with Crippen LogP contribution in [0.3, 0.4) is 0 Å². The van der Waals surface area contributed by atoms with Crippen LogP contribution in [0, 0.1) is 0 Å². The average molecular weight is 470 g/mol. The number of likely N-dealkylation sites (tertiary alicyclic amines) is 1. The van der Waals surface area contributed by atoms with Gasteiger partial charge in [0.15, 0.2) is 0 Å². The van der Waals surface area contributed by atoms with Crippen molar-refractivity contribution >= 4 is 21.8 Å². The second-order valence-electron chi connectivity index (χ2n) is 8.72. The molecule has 1 N–H and O–H groups in total. The molecule has 4 rings (SSSR count). The maximum Gasteiger partial charge on any atom is 0.245 e. The molecule has 2 aromatic carbocycles. The number of piperidine rings is 1. The lowest BCUT2D eigenvalue weighted by Gasteiger charge is -2.35. The molecule has 0 aliphatic carbocycles. The van der Waals surface area contributed by atoms with Crippen molar-refractivity contribution in [3.8, 4) is 0 Å². The molecule has 0 spiro atoms. The smallest absolute Gasteiger partial charge is 0.245 e. The molecule has 2 saturated heterocycles. The van der Waals surface area contributed by atoms with Gasteiger partial charge in [-0.1, -0.05) is 55.0 Å². The molecule has 2 atom stereocenters. The molecule has 176 valence electrons. The number of amides is 2. The van der Waals surface area contributed by atoms with Gasteiger partial charge in [0.1, 0.15) is 12.1 Å². The molecule has 2 aromatic rings. The highest BCUT2D eigenvalue weighted by molar-refractivity contribution is 7.89. The summed E-state index contributed by atoms with van der Waals surface area (Å²) < 4.78 is 27.9. The van der Waals surface area contributed by atoms with Crippen molar-refractivity contribution in [2.24, 2.45) is 0 Å². The Labute approximate surface area is 195 Å². The van der Waals surface area contributed by atoms with Gasteiger partial charge in [-0.15, -0.1) is 0 Å². The van der Waals surface area contributed by atoms with Crippen LogP contribution in [0.2, 0.25) is 0 Å². The van der Waals surface area contributed by atoms with Crippen LogP contribution in [0.5, 0.6) is 0 Å². The predicted octanol–water partition coefficient (Wildman–Crippen LogP) is 2.58. The van der Waals surface area contributed by atoms with E-state index >= 15 is 0 Å². The number of nitrogens with zero attached hydrogens (tertiary/aromatic N) is 2. The van der Waals surface area contributed by atoms with Crippen molar-refractivity contribution in [3.05, 3.63) is 66.2 Å². The van der Waals surface area contributed by atoms with E-state index in [0.717, 1.165) is 24.8 Å². The highest BCUT2D eigenvalue weighted by Gasteiger charge is 2.39. The van der Waals surface area contributed by atoms with Crippen LogP contribution in [-0.2, 0) is 26.0 Å². The first-order chi connectivity index (χ1) is 16.0. The van der Waals surface area contributed by atoms with Crippen molar-refractivity contribution in [2.75, 3.05) is 19.6 Å². The van der Waals surface area contributed by atoms with Crippen molar-refractivity contribution in [1.29, 1.82) is 0 Å². The van der Waals surface area contributed by atoms with Crippen molar-refractivity contribution in [2.45, 2.75) is 55.5 Å². The Bertz CT molecular complexity index is 1050. The number of hydrogen-bond donors (Lipinski definition) is 1. The average Bonchev–Trinajstić information content (AvgIpc) is 3.39. The summed E-state index contributed by atoms with van der Waals surface area (Å²) in [6.45, 7) is 1.68. The Kier molecular flexibility index (Phi) is 7.45. The van der Waals surface area contributed by atoms with Gasteiger partial charge in [0.05, 0.1) is 4.90 Å². The molecule has 0 aromatic heterocycles. The van der Waals surface area contributed by atoms with Gasteiger partial charge < -0.3 is 10.2 Å². The fraction of sp³-hybridized carbons (Fsp3) is 0.440. The summed E-state index contributed by atoms with van der Waals surface area (Å²) in [5, 5.41) is 2.93. The number of carbonyl (C=O) groups excluding carboxylic acids is 2. The highest BCUT2D eigenvalue weighted by atomic mass is 32.2. The highest BCUT2D eigenvalue weighted by Crippen LogP contribution is 2.26. The van der Waals surface area contributed by atoms with Gasteiger partial charge in [-0.2, -0.15) is 4.31 Å². The minimum atomic E-state index is -3.81. The van der Waals surface area contributed by atoms with Gasteiger partial charge in [0.2, 0.25) is 21.8 Å². The van der Waals surface area contributed by atoms with Crippen LogP contribution in [0.15, 0.2) is 65.6 Å². The molecule has 2 unspecified atom stereocenters. The van der Waals surface area contributed by atoms with E-state index in [0.29, 0.717) is 38.9 Å². The van der Waals surface area contributed by atoms with E-state index in [-0.39, 0.29) is 10.8 Å². The van der Waals surface area contributed by atoms with Crippen LogP contribution < -0.4 is 5.32 Å². The summed E-state index contributed by atoms with van der Waals surface area (Å²) in [4.78, 5) is 28.6. The Morgan fingerprint density at radius 3 is 2.15 bits per heavy atom. The predicted molar refractivity (Wildman–Crippen MR) is 126 cm³/mol.